The predicted octanol–water partition coefficient (Wildman–Crippen LogP) is 4.59. The summed E-state index contributed by atoms with van der Waals surface area (Å²) in [5, 5.41) is 2.29. The maximum absolute atomic E-state index is 12.7. The number of carbonyl (C=O) groups is 1. The fourth-order valence-electron chi connectivity index (χ4n) is 3.93. The Morgan fingerprint density at radius 2 is 1.35 bits per heavy atom. The Morgan fingerprint density at radius 3 is 1.77 bits per heavy atom. The van der Waals surface area contributed by atoms with E-state index >= 15 is 0 Å². The van der Waals surface area contributed by atoms with Crippen molar-refractivity contribution in [2.24, 2.45) is 0 Å². The lowest BCUT2D eigenvalue weighted by Gasteiger charge is -2.44. The van der Waals surface area contributed by atoms with Crippen molar-refractivity contribution in [1.82, 2.24) is 0 Å². The van der Waals surface area contributed by atoms with Gasteiger partial charge in [-0.2, -0.15) is 0 Å². The number of benzene rings is 2. The van der Waals surface area contributed by atoms with E-state index in [1.807, 2.05) is 19.1 Å². The van der Waals surface area contributed by atoms with Gasteiger partial charge in [0.25, 0.3) is 0 Å². The zero-order valence-corrected chi connectivity index (χ0v) is 17.2. The van der Waals surface area contributed by atoms with Gasteiger partial charge in [-0.1, -0.05) is 81.4 Å². The highest BCUT2D eigenvalue weighted by Crippen LogP contribution is 2.39. The molecular weight excluding hydrogens is 336 g/mol. The third kappa shape index (κ3) is 3.28. The lowest BCUT2D eigenvalue weighted by molar-refractivity contribution is -0.118. The van der Waals surface area contributed by atoms with E-state index < -0.39 is 8.32 Å². The first-order valence-corrected chi connectivity index (χ1v) is 11.3. The lowest BCUT2D eigenvalue weighted by atomic mass is 9.98. The fourth-order valence-corrected chi connectivity index (χ4v) is 8.45. The molecule has 0 amide bonds. The van der Waals surface area contributed by atoms with Crippen molar-refractivity contribution in [3.8, 4) is 0 Å². The van der Waals surface area contributed by atoms with Crippen LogP contribution in [0.25, 0.3) is 0 Å². The van der Waals surface area contributed by atoms with Gasteiger partial charge >= 0.3 is 8.32 Å². The molecule has 1 aliphatic carbocycles. The molecule has 0 aliphatic heterocycles. The highest BCUT2D eigenvalue weighted by molar-refractivity contribution is 6.99. The molecule has 0 aromatic heterocycles. The van der Waals surface area contributed by atoms with Crippen LogP contribution in [-0.2, 0) is 9.22 Å². The standard InChI is InChI=1S/C23H28O2Si/c1-18-12-11-17-21(24)22(18)25-26(23(2,3)4,19-13-7-5-8-14-19)20-15-9-6-10-16-20/h5-10,13-16H,11-12,17H2,1-4H3. The van der Waals surface area contributed by atoms with Crippen molar-refractivity contribution in [3.05, 3.63) is 72.0 Å². The Bertz CT molecular complexity index is 762. The van der Waals surface area contributed by atoms with Crippen molar-refractivity contribution < 1.29 is 9.22 Å². The van der Waals surface area contributed by atoms with Gasteiger partial charge in [-0.25, -0.2) is 0 Å². The zero-order valence-electron chi connectivity index (χ0n) is 16.2. The van der Waals surface area contributed by atoms with Crippen LogP contribution >= 0.6 is 0 Å². The maximum Gasteiger partial charge on any atom is 0.320 e. The molecule has 2 nitrogen and oxygen atoms in total. The minimum absolute atomic E-state index is 0.124. The first-order chi connectivity index (χ1) is 12.4. The molecule has 0 unspecified atom stereocenters. The minimum Gasteiger partial charge on any atom is -0.532 e. The Hall–Kier alpha value is -2.13. The third-order valence-electron chi connectivity index (χ3n) is 5.27. The topological polar surface area (TPSA) is 26.3 Å². The normalized spacial score (nSPS) is 15.9. The predicted molar refractivity (Wildman–Crippen MR) is 110 cm³/mol. The summed E-state index contributed by atoms with van der Waals surface area (Å²) in [6.07, 6.45) is 2.46. The van der Waals surface area contributed by atoms with Crippen LogP contribution in [0.15, 0.2) is 72.0 Å². The second-order valence-electron chi connectivity index (χ2n) is 8.15. The van der Waals surface area contributed by atoms with Gasteiger partial charge in [0.05, 0.1) is 0 Å². The second-order valence-corrected chi connectivity index (χ2v) is 12.4. The number of rotatable bonds is 4. The number of hydrogen-bond donors (Lipinski definition) is 0. The summed E-state index contributed by atoms with van der Waals surface area (Å²) >= 11 is 0. The van der Waals surface area contributed by atoms with Gasteiger partial charge in [0, 0.05) is 6.42 Å². The molecule has 136 valence electrons. The highest BCUT2D eigenvalue weighted by atomic mass is 28.4. The van der Waals surface area contributed by atoms with E-state index in [-0.39, 0.29) is 10.8 Å². The van der Waals surface area contributed by atoms with Crippen LogP contribution in [0.2, 0.25) is 5.04 Å². The molecule has 0 bridgehead atoms. The number of ketones is 1. The molecule has 0 atom stereocenters. The van der Waals surface area contributed by atoms with E-state index in [1.165, 1.54) is 10.4 Å². The second kappa shape index (κ2) is 7.24. The summed E-state index contributed by atoms with van der Waals surface area (Å²) in [7, 11) is -2.70. The molecule has 0 N–H and O–H groups in total. The number of carbonyl (C=O) groups excluding carboxylic acids is 1. The monoisotopic (exact) mass is 364 g/mol. The van der Waals surface area contributed by atoms with Gasteiger partial charge in [-0.05, 0) is 40.8 Å². The average Bonchev–Trinajstić information content (AvgIpc) is 2.62. The van der Waals surface area contributed by atoms with E-state index in [4.69, 9.17) is 4.43 Å². The molecule has 1 aliphatic rings. The Labute approximate surface area is 158 Å². The number of hydrogen-bond acceptors (Lipinski definition) is 2. The van der Waals surface area contributed by atoms with Crippen molar-refractivity contribution in [3.63, 3.8) is 0 Å². The molecule has 0 saturated heterocycles. The van der Waals surface area contributed by atoms with Crippen LogP contribution in [0, 0.1) is 0 Å². The highest BCUT2D eigenvalue weighted by Gasteiger charge is 2.53. The molecule has 3 heteroatoms. The van der Waals surface area contributed by atoms with E-state index in [0.717, 1.165) is 18.4 Å². The van der Waals surface area contributed by atoms with Gasteiger partial charge in [0.15, 0.2) is 5.78 Å². The third-order valence-corrected chi connectivity index (χ3v) is 10.2. The van der Waals surface area contributed by atoms with Gasteiger partial charge in [0.1, 0.15) is 5.76 Å². The first kappa shape index (κ1) is 18.7. The average molecular weight is 365 g/mol. The molecule has 26 heavy (non-hydrogen) atoms. The van der Waals surface area contributed by atoms with E-state index in [1.54, 1.807) is 0 Å². The lowest BCUT2D eigenvalue weighted by Crippen LogP contribution is -2.66. The Kier molecular flexibility index (Phi) is 5.19. The van der Waals surface area contributed by atoms with Crippen LogP contribution in [0.1, 0.15) is 47.0 Å². The molecule has 0 fully saturated rings. The first-order valence-electron chi connectivity index (χ1n) is 9.39. The Balaban J connectivity index is 2.26. The summed E-state index contributed by atoms with van der Waals surface area (Å²) in [6.45, 7) is 8.76. The van der Waals surface area contributed by atoms with Crippen LogP contribution < -0.4 is 10.4 Å². The van der Waals surface area contributed by atoms with Crippen LogP contribution in [0.5, 0.6) is 0 Å². The SMILES string of the molecule is CC1=C(O[Si](c2ccccc2)(c2ccccc2)C(C)(C)C)C(=O)CCC1. The molecule has 0 radical (unpaired) electrons. The van der Waals surface area contributed by atoms with Gasteiger partial charge in [-0.15, -0.1) is 0 Å². The molecule has 0 spiro atoms. The molecule has 0 heterocycles. The van der Waals surface area contributed by atoms with Gasteiger partial charge < -0.3 is 4.43 Å². The molecule has 2 aromatic rings. The van der Waals surface area contributed by atoms with E-state index in [0.29, 0.717) is 12.2 Å². The quantitative estimate of drug-likeness (QED) is 0.742. The van der Waals surface area contributed by atoms with Crippen molar-refractivity contribution in [1.29, 1.82) is 0 Å². The molecular formula is C23H28O2Si. The smallest absolute Gasteiger partial charge is 0.320 e. The molecule has 2 aromatic carbocycles. The number of allylic oxidation sites excluding steroid dienone is 2. The van der Waals surface area contributed by atoms with Crippen molar-refractivity contribution >= 4 is 24.5 Å². The largest absolute Gasteiger partial charge is 0.532 e. The maximum atomic E-state index is 12.7. The Morgan fingerprint density at radius 1 is 0.846 bits per heavy atom. The van der Waals surface area contributed by atoms with Crippen LogP contribution in [0.3, 0.4) is 0 Å². The summed E-state index contributed by atoms with van der Waals surface area (Å²) in [5.41, 5.74) is 1.09. The molecule has 3 rings (SSSR count). The minimum atomic E-state index is -2.70. The summed E-state index contributed by atoms with van der Waals surface area (Å²) in [5.74, 6) is 0.771. The van der Waals surface area contributed by atoms with E-state index in [9.17, 15) is 4.79 Å². The summed E-state index contributed by atoms with van der Waals surface area (Å²) < 4.78 is 6.91. The summed E-state index contributed by atoms with van der Waals surface area (Å²) in [4.78, 5) is 12.7. The van der Waals surface area contributed by atoms with Crippen molar-refractivity contribution in [2.45, 2.75) is 52.0 Å². The fraction of sp³-hybridized carbons (Fsp3) is 0.348. The van der Waals surface area contributed by atoms with Crippen LogP contribution in [-0.4, -0.2) is 14.1 Å². The molecule has 0 saturated carbocycles. The number of Topliss-reactive ketones (excluding diaryl/α,β-unsaturated/α-hetero) is 1. The zero-order chi connectivity index (χ0) is 18.8. The van der Waals surface area contributed by atoms with E-state index in [2.05, 4.69) is 69.3 Å². The van der Waals surface area contributed by atoms with Gasteiger partial charge in [-0.3, -0.25) is 4.79 Å². The van der Waals surface area contributed by atoms with Crippen molar-refractivity contribution in [2.75, 3.05) is 0 Å². The van der Waals surface area contributed by atoms with Crippen LogP contribution in [0.4, 0.5) is 0 Å². The van der Waals surface area contributed by atoms with Gasteiger partial charge in [0.2, 0.25) is 0 Å². The summed E-state index contributed by atoms with van der Waals surface area (Å²) in [6, 6.07) is 21.0.